The van der Waals surface area contributed by atoms with Crippen molar-refractivity contribution < 1.29 is 0 Å². The highest BCUT2D eigenvalue weighted by Crippen LogP contribution is 2.29. The Kier molecular flexibility index (Phi) is 6.24. The zero-order valence-electron chi connectivity index (χ0n) is 17.7. The summed E-state index contributed by atoms with van der Waals surface area (Å²) >= 11 is 1.70. The summed E-state index contributed by atoms with van der Waals surface area (Å²) in [7, 11) is 0. The van der Waals surface area contributed by atoms with Gasteiger partial charge in [0.25, 0.3) is 0 Å². The van der Waals surface area contributed by atoms with Crippen molar-refractivity contribution >= 4 is 27.2 Å². The van der Waals surface area contributed by atoms with Gasteiger partial charge in [-0.1, -0.05) is 75.9 Å². The van der Waals surface area contributed by atoms with E-state index in [9.17, 15) is 4.79 Å². The van der Waals surface area contributed by atoms with Gasteiger partial charge in [0.2, 0.25) is 0 Å². The summed E-state index contributed by atoms with van der Waals surface area (Å²) in [4.78, 5) is 19.8. The molecule has 0 saturated carbocycles. The molecule has 0 atom stereocenters. The first kappa shape index (κ1) is 22.0. The Morgan fingerprint density at radius 2 is 1.72 bits per heavy atom. The third-order valence-corrected chi connectivity index (χ3v) is 6.80. The molecule has 0 saturated heterocycles. The molecular weight excluding hydrogens is 416 g/mol. The predicted octanol–water partition coefficient (Wildman–Crippen LogP) is 6.05. The van der Waals surface area contributed by atoms with Crippen molar-refractivity contribution in [1.29, 1.82) is 0 Å². The molecule has 3 heterocycles. The molecule has 5 nitrogen and oxygen atoms in total. The van der Waals surface area contributed by atoms with Crippen molar-refractivity contribution in [3.05, 3.63) is 87.9 Å². The van der Waals surface area contributed by atoms with Crippen molar-refractivity contribution in [3.8, 4) is 11.1 Å². The number of benzene rings is 2. The van der Waals surface area contributed by atoms with Gasteiger partial charge in [0.05, 0.1) is 11.9 Å². The Balaban J connectivity index is 0.00000245. The molecule has 0 aliphatic heterocycles. The monoisotopic (exact) mass is 444 g/mol. The Bertz CT molecular complexity index is 1400. The maximum atomic E-state index is 13.2. The topological polar surface area (TPSA) is 52.2 Å². The molecule has 2 aromatic carbocycles. The Morgan fingerprint density at radius 1 is 1.00 bits per heavy atom. The van der Waals surface area contributed by atoms with Crippen molar-refractivity contribution in [2.75, 3.05) is 0 Å². The highest BCUT2D eigenvalue weighted by molar-refractivity contribution is 7.18. The van der Waals surface area contributed by atoms with Crippen LogP contribution in [0.4, 0.5) is 0 Å². The Morgan fingerprint density at radius 3 is 2.44 bits per heavy atom. The summed E-state index contributed by atoms with van der Waals surface area (Å²) in [6.07, 6.45) is 3.60. The molecule has 164 valence electrons. The lowest BCUT2D eigenvalue weighted by atomic mass is 10.0. The largest absolute Gasteiger partial charge is 0.352 e. The van der Waals surface area contributed by atoms with Crippen molar-refractivity contribution in [2.24, 2.45) is 5.92 Å². The molecule has 0 spiro atoms. The molecule has 0 aliphatic carbocycles. The second-order valence-corrected chi connectivity index (χ2v) is 9.41. The van der Waals surface area contributed by atoms with Crippen LogP contribution in [0.2, 0.25) is 0 Å². The number of hydrogen-bond donors (Lipinski definition) is 0. The van der Waals surface area contributed by atoms with Crippen LogP contribution in [0.15, 0.2) is 71.8 Å². The molecular formula is C26H28N4OS. The first-order chi connectivity index (χ1) is 15.1. The highest BCUT2D eigenvalue weighted by Gasteiger charge is 2.16. The number of fused-ring (bicyclic) bond motifs is 3. The lowest BCUT2D eigenvalue weighted by molar-refractivity contribution is 0.590. The summed E-state index contributed by atoms with van der Waals surface area (Å²) in [5.41, 5.74) is 3.93. The van der Waals surface area contributed by atoms with Gasteiger partial charge in [0.15, 0.2) is 5.65 Å². The maximum Gasteiger partial charge on any atom is 0.352 e. The molecule has 6 heteroatoms. The number of aromatic nitrogens is 4. The molecule has 5 aromatic rings. The summed E-state index contributed by atoms with van der Waals surface area (Å²) in [6.45, 7) is 4.97. The fourth-order valence-electron chi connectivity index (χ4n) is 3.87. The number of thiophene rings is 1. The van der Waals surface area contributed by atoms with E-state index in [1.807, 2.05) is 22.8 Å². The minimum atomic E-state index is -0.149. The van der Waals surface area contributed by atoms with Crippen LogP contribution in [0.1, 0.15) is 38.1 Å². The number of hydrogen-bond acceptors (Lipinski definition) is 4. The minimum Gasteiger partial charge on any atom is -0.278 e. The zero-order valence-corrected chi connectivity index (χ0v) is 18.5. The molecule has 0 bridgehead atoms. The van der Waals surface area contributed by atoms with E-state index in [4.69, 9.17) is 0 Å². The molecule has 0 N–H and O–H groups in total. The van der Waals surface area contributed by atoms with Crippen LogP contribution >= 0.6 is 11.3 Å². The Labute approximate surface area is 192 Å². The molecule has 5 rings (SSSR count). The normalized spacial score (nSPS) is 11.3. The molecule has 32 heavy (non-hydrogen) atoms. The second-order valence-electron chi connectivity index (χ2n) is 8.29. The fourth-order valence-corrected chi connectivity index (χ4v) is 5.03. The van der Waals surface area contributed by atoms with E-state index < -0.39 is 0 Å². The van der Waals surface area contributed by atoms with E-state index in [1.165, 1.54) is 26.8 Å². The van der Waals surface area contributed by atoms with Crippen LogP contribution in [0.25, 0.3) is 27.0 Å². The lowest BCUT2D eigenvalue weighted by Gasteiger charge is -2.09. The first-order valence-corrected chi connectivity index (χ1v) is 11.4. The van der Waals surface area contributed by atoms with Crippen LogP contribution in [-0.2, 0) is 13.0 Å². The summed E-state index contributed by atoms with van der Waals surface area (Å²) < 4.78 is 3.25. The van der Waals surface area contributed by atoms with Crippen LogP contribution in [-0.4, -0.2) is 19.2 Å². The molecule has 0 radical (unpaired) electrons. The third kappa shape index (κ3) is 4.10. The number of rotatable bonds is 6. The Hall–Kier alpha value is -3.25. The van der Waals surface area contributed by atoms with Crippen molar-refractivity contribution in [1.82, 2.24) is 19.2 Å². The van der Waals surface area contributed by atoms with Gasteiger partial charge < -0.3 is 0 Å². The van der Waals surface area contributed by atoms with E-state index >= 15 is 0 Å². The van der Waals surface area contributed by atoms with Crippen LogP contribution in [0.3, 0.4) is 0 Å². The summed E-state index contributed by atoms with van der Waals surface area (Å²) in [5.74, 6) is 0.642. The molecule has 0 fully saturated rings. The maximum absolute atomic E-state index is 13.2. The summed E-state index contributed by atoms with van der Waals surface area (Å²) in [6, 6.07) is 20.9. The third-order valence-electron chi connectivity index (χ3n) is 5.58. The van der Waals surface area contributed by atoms with E-state index in [2.05, 4.69) is 66.4 Å². The highest BCUT2D eigenvalue weighted by atomic mass is 32.1. The van der Waals surface area contributed by atoms with E-state index in [0.717, 1.165) is 28.6 Å². The fraction of sp³-hybridized carbons (Fsp3) is 0.269. The quantitative estimate of drug-likeness (QED) is 0.320. The van der Waals surface area contributed by atoms with Crippen molar-refractivity contribution in [3.63, 3.8) is 0 Å². The molecule has 3 aromatic heterocycles. The average molecular weight is 445 g/mol. The van der Waals surface area contributed by atoms with Crippen LogP contribution in [0.5, 0.6) is 0 Å². The van der Waals surface area contributed by atoms with Gasteiger partial charge in [-0.25, -0.2) is 9.78 Å². The molecule has 0 amide bonds. The van der Waals surface area contributed by atoms with Crippen LogP contribution < -0.4 is 5.69 Å². The average Bonchev–Trinajstić information content (AvgIpc) is 3.43. The van der Waals surface area contributed by atoms with Gasteiger partial charge in [-0.15, -0.1) is 11.3 Å². The van der Waals surface area contributed by atoms with E-state index in [-0.39, 0.29) is 13.1 Å². The number of aryl methyl sites for hydroxylation is 1. The van der Waals surface area contributed by atoms with Crippen LogP contribution in [0, 0.1) is 5.92 Å². The van der Waals surface area contributed by atoms with Gasteiger partial charge in [0.1, 0.15) is 11.2 Å². The van der Waals surface area contributed by atoms with Gasteiger partial charge >= 0.3 is 5.69 Å². The van der Waals surface area contributed by atoms with Gasteiger partial charge in [-0.3, -0.25) is 4.57 Å². The summed E-state index contributed by atoms with van der Waals surface area (Å²) in [5, 5.41) is 5.19. The minimum absolute atomic E-state index is 0. The molecule has 0 aliphatic rings. The SMILES string of the molecule is C.CC(C)CCc1cc2c(s1)n(Cc1ccc(-c3ccccc3)cc1)c(=O)n1ncnc21. The lowest BCUT2D eigenvalue weighted by Crippen LogP contribution is -2.27. The standard InChI is InChI=1S/C25H24N4OS.CH4/c1-17(2)8-13-21-14-22-23-26-16-27-29(23)25(30)28(24(22)31-21)15-18-9-11-20(12-10-18)19-6-4-3-5-7-19;/h3-7,9-12,14,16-17H,8,13,15H2,1-2H3;1H4. The van der Waals surface area contributed by atoms with Gasteiger partial charge in [-0.2, -0.15) is 9.61 Å². The molecule has 0 unspecified atom stereocenters. The van der Waals surface area contributed by atoms with Crippen molar-refractivity contribution in [2.45, 2.75) is 40.7 Å². The van der Waals surface area contributed by atoms with E-state index in [0.29, 0.717) is 18.1 Å². The zero-order chi connectivity index (χ0) is 21.4. The van der Waals surface area contributed by atoms with Gasteiger partial charge in [-0.05, 0) is 41.5 Å². The van der Waals surface area contributed by atoms with Gasteiger partial charge in [0, 0.05) is 4.88 Å². The second kappa shape index (κ2) is 9.09. The number of nitrogens with zero attached hydrogens (tertiary/aromatic N) is 4. The first-order valence-electron chi connectivity index (χ1n) is 10.6. The predicted molar refractivity (Wildman–Crippen MR) is 133 cm³/mol. The van der Waals surface area contributed by atoms with E-state index in [1.54, 1.807) is 11.3 Å². The smallest absolute Gasteiger partial charge is 0.278 e.